The molecule has 0 fully saturated rings. The van der Waals surface area contributed by atoms with Crippen LogP contribution in [0.25, 0.3) is 11.5 Å². The van der Waals surface area contributed by atoms with Gasteiger partial charge >= 0.3 is 6.01 Å². The first-order valence-corrected chi connectivity index (χ1v) is 7.51. The summed E-state index contributed by atoms with van der Waals surface area (Å²) in [6.45, 7) is 4.30. The van der Waals surface area contributed by atoms with Gasteiger partial charge in [-0.2, -0.15) is 0 Å². The van der Waals surface area contributed by atoms with Crippen LogP contribution in [0.1, 0.15) is 22.8 Å². The number of aliphatic hydroxyl groups excluding tert-OH is 1. The van der Waals surface area contributed by atoms with E-state index < -0.39 is 6.10 Å². The van der Waals surface area contributed by atoms with Gasteiger partial charge in [0.15, 0.2) is 0 Å². The zero-order valence-electron chi connectivity index (χ0n) is 13.2. The molecular formula is C18H19N3O2. The quantitative estimate of drug-likeness (QED) is 0.755. The second-order valence-corrected chi connectivity index (χ2v) is 5.54. The third-order valence-electron chi connectivity index (χ3n) is 3.69. The smallest absolute Gasteiger partial charge is 0.315 e. The maximum Gasteiger partial charge on any atom is 0.315 e. The molecule has 0 amide bonds. The van der Waals surface area contributed by atoms with Gasteiger partial charge < -0.3 is 14.8 Å². The number of aryl methyl sites for hydroxylation is 2. The predicted molar refractivity (Wildman–Crippen MR) is 89.1 cm³/mol. The molecule has 0 aliphatic rings. The van der Waals surface area contributed by atoms with E-state index in [0.717, 1.165) is 22.3 Å². The van der Waals surface area contributed by atoms with Crippen molar-refractivity contribution in [1.29, 1.82) is 0 Å². The van der Waals surface area contributed by atoms with E-state index in [4.69, 9.17) is 4.42 Å². The largest absolute Gasteiger partial charge is 0.403 e. The van der Waals surface area contributed by atoms with Crippen molar-refractivity contribution < 1.29 is 9.52 Å². The summed E-state index contributed by atoms with van der Waals surface area (Å²) in [7, 11) is 0. The Morgan fingerprint density at radius 1 is 1.09 bits per heavy atom. The Balaban J connectivity index is 1.67. The van der Waals surface area contributed by atoms with Gasteiger partial charge in [-0.05, 0) is 37.1 Å². The van der Waals surface area contributed by atoms with Crippen LogP contribution >= 0.6 is 0 Å². The Kier molecular flexibility index (Phi) is 4.39. The Morgan fingerprint density at radius 3 is 2.65 bits per heavy atom. The molecule has 3 rings (SSSR count). The topological polar surface area (TPSA) is 71.2 Å². The van der Waals surface area contributed by atoms with Gasteiger partial charge in [-0.15, -0.1) is 5.10 Å². The van der Waals surface area contributed by atoms with Crippen molar-refractivity contribution in [2.45, 2.75) is 20.0 Å². The molecule has 1 atom stereocenters. The number of aromatic nitrogens is 2. The van der Waals surface area contributed by atoms with Crippen molar-refractivity contribution in [2.75, 3.05) is 11.9 Å². The van der Waals surface area contributed by atoms with Crippen LogP contribution in [0.3, 0.4) is 0 Å². The molecule has 3 aromatic rings. The molecule has 2 aromatic carbocycles. The molecule has 2 N–H and O–H groups in total. The average Bonchev–Trinajstić information content (AvgIpc) is 3.05. The third kappa shape index (κ3) is 3.57. The molecule has 1 aromatic heterocycles. The number of rotatable bonds is 5. The van der Waals surface area contributed by atoms with Crippen LogP contribution in [-0.4, -0.2) is 21.8 Å². The zero-order chi connectivity index (χ0) is 16.2. The lowest BCUT2D eigenvalue weighted by molar-refractivity contribution is 0.190. The summed E-state index contributed by atoms with van der Waals surface area (Å²) in [5.74, 6) is 0.453. The lowest BCUT2D eigenvalue weighted by atomic mass is 10.0. The molecule has 23 heavy (non-hydrogen) atoms. The van der Waals surface area contributed by atoms with Crippen LogP contribution in [0.15, 0.2) is 52.9 Å². The molecule has 0 radical (unpaired) electrons. The summed E-state index contributed by atoms with van der Waals surface area (Å²) in [5.41, 5.74) is 3.94. The Morgan fingerprint density at radius 2 is 1.87 bits per heavy atom. The summed E-state index contributed by atoms with van der Waals surface area (Å²) in [5, 5.41) is 21.3. The van der Waals surface area contributed by atoms with Gasteiger partial charge in [-0.25, -0.2) is 0 Å². The van der Waals surface area contributed by atoms with E-state index in [1.54, 1.807) is 0 Å². The number of aliphatic hydroxyl groups is 1. The van der Waals surface area contributed by atoms with Crippen molar-refractivity contribution in [1.82, 2.24) is 10.2 Å². The lowest BCUT2D eigenvalue weighted by Gasteiger charge is -2.14. The Labute approximate surface area is 135 Å². The monoisotopic (exact) mass is 309 g/mol. The molecule has 0 bridgehead atoms. The number of hydrogen-bond acceptors (Lipinski definition) is 5. The van der Waals surface area contributed by atoms with Crippen LogP contribution in [0, 0.1) is 13.8 Å². The molecule has 0 saturated heterocycles. The molecule has 118 valence electrons. The summed E-state index contributed by atoms with van der Waals surface area (Å²) in [4.78, 5) is 0. The van der Waals surface area contributed by atoms with Crippen LogP contribution in [0.4, 0.5) is 6.01 Å². The van der Waals surface area contributed by atoms with Crippen LogP contribution < -0.4 is 5.32 Å². The highest BCUT2D eigenvalue weighted by molar-refractivity contribution is 5.52. The van der Waals surface area contributed by atoms with E-state index in [-0.39, 0.29) is 0 Å². The fourth-order valence-corrected chi connectivity index (χ4v) is 2.40. The normalized spacial score (nSPS) is 12.1. The summed E-state index contributed by atoms with van der Waals surface area (Å²) in [6, 6.07) is 15.9. The molecule has 0 unspecified atom stereocenters. The van der Waals surface area contributed by atoms with Crippen molar-refractivity contribution in [3.63, 3.8) is 0 Å². The standard InChI is InChI=1S/C18H19N3O2/c1-12-8-9-13(2)15(10-12)16(22)11-19-18-21-20-17(23-18)14-6-4-3-5-7-14/h3-10,16,22H,11H2,1-2H3,(H,19,21)/t16-/m0/s1. The second-order valence-electron chi connectivity index (χ2n) is 5.54. The minimum atomic E-state index is -0.637. The SMILES string of the molecule is Cc1ccc(C)c([C@@H](O)CNc2nnc(-c3ccccc3)o2)c1. The van der Waals surface area contributed by atoms with Crippen LogP contribution in [0.5, 0.6) is 0 Å². The minimum Gasteiger partial charge on any atom is -0.403 e. The first kappa shape index (κ1) is 15.2. The third-order valence-corrected chi connectivity index (χ3v) is 3.69. The second kappa shape index (κ2) is 6.62. The van der Waals surface area contributed by atoms with Crippen molar-refractivity contribution >= 4 is 6.01 Å². The Hall–Kier alpha value is -2.66. The van der Waals surface area contributed by atoms with Crippen molar-refractivity contribution in [3.05, 3.63) is 65.2 Å². The number of benzene rings is 2. The minimum absolute atomic E-state index is 0.299. The average molecular weight is 309 g/mol. The highest BCUT2D eigenvalue weighted by Gasteiger charge is 2.13. The van der Waals surface area contributed by atoms with E-state index in [1.807, 2.05) is 62.4 Å². The van der Waals surface area contributed by atoms with Crippen molar-refractivity contribution in [3.8, 4) is 11.5 Å². The predicted octanol–water partition coefficient (Wildman–Crippen LogP) is 3.50. The summed E-state index contributed by atoms with van der Waals surface area (Å²) in [6.07, 6.45) is -0.637. The fourth-order valence-electron chi connectivity index (χ4n) is 2.40. The van der Waals surface area contributed by atoms with Crippen LogP contribution in [-0.2, 0) is 0 Å². The summed E-state index contributed by atoms with van der Waals surface area (Å²) < 4.78 is 5.57. The molecule has 5 heteroatoms. The van der Waals surface area contributed by atoms with E-state index >= 15 is 0 Å². The van der Waals surface area contributed by atoms with Gasteiger partial charge in [0.2, 0.25) is 5.89 Å². The molecular weight excluding hydrogens is 290 g/mol. The fraction of sp³-hybridized carbons (Fsp3) is 0.222. The van der Waals surface area contributed by atoms with Gasteiger partial charge in [0.25, 0.3) is 0 Å². The van der Waals surface area contributed by atoms with Crippen molar-refractivity contribution in [2.24, 2.45) is 0 Å². The summed E-state index contributed by atoms with van der Waals surface area (Å²) >= 11 is 0. The highest BCUT2D eigenvalue weighted by atomic mass is 16.4. The van der Waals surface area contributed by atoms with Gasteiger partial charge in [0.1, 0.15) is 0 Å². The molecule has 5 nitrogen and oxygen atoms in total. The van der Waals surface area contributed by atoms with Gasteiger partial charge in [0, 0.05) is 12.1 Å². The number of nitrogens with zero attached hydrogens (tertiary/aromatic N) is 2. The lowest BCUT2D eigenvalue weighted by Crippen LogP contribution is -2.13. The molecule has 1 heterocycles. The molecule has 0 aliphatic heterocycles. The van der Waals surface area contributed by atoms with E-state index in [0.29, 0.717) is 18.5 Å². The number of anilines is 1. The number of nitrogens with one attached hydrogen (secondary N) is 1. The van der Waals surface area contributed by atoms with Crippen LogP contribution in [0.2, 0.25) is 0 Å². The highest BCUT2D eigenvalue weighted by Crippen LogP contribution is 2.22. The molecule has 0 aliphatic carbocycles. The number of hydrogen-bond donors (Lipinski definition) is 2. The van der Waals surface area contributed by atoms with Gasteiger partial charge in [0.05, 0.1) is 6.10 Å². The van der Waals surface area contributed by atoms with Gasteiger partial charge in [-0.1, -0.05) is 47.1 Å². The maximum absolute atomic E-state index is 10.4. The first-order chi connectivity index (χ1) is 11.1. The van der Waals surface area contributed by atoms with E-state index in [9.17, 15) is 5.11 Å². The first-order valence-electron chi connectivity index (χ1n) is 7.51. The molecule has 0 saturated carbocycles. The molecule has 0 spiro atoms. The van der Waals surface area contributed by atoms with E-state index in [1.165, 1.54) is 0 Å². The maximum atomic E-state index is 10.4. The zero-order valence-corrected chi connectivity index (χ0v) is 13.2. The van der Waals surface area contributed by atoms with Gasteiger partial charge in [-0.3, -0.25) is 0 Å². The Bertz CT molecular complexity index is 784. The van der Waals surface area contributed by atoms with E-state index in [2.05, 4.69) is 15.5 Å².